The Kier molecular flexibility index (Phi) is 5.26. The molecule has 0 aliphatic carbocycles. The van der Waals surface area contributed by atoms with Crippen LogP contribution in [0.5, 0.6) is 0 Å². The second kappa shape index (κ2) is 6.95. The molecular weight excluding hydrogens is 232 g/mol. The fourth-order valence-corrected chi connectivity index (χ4v) is 2.98. The highest BCUT2D eigenvalue weighted by atomic mass is 15.2. The van der Waals surface area contributed by atoms with Crippen LogP contribution in [0.15, 0.2) is 24.3 Å². The van der Waals surface area contributed by atoms with Gasteiger partial charge < -0.3 is 10.2 Å². The summed E-state index contributed by atoms with van der Waals surface area (Å²) in [4.78, 5) is 2.53. The Hall–Kier alpha value is -1.02. The van der Waals surface area contributed by atoms with Gasteiger partial charge in [-0.25, -0.2) is 0 Å². The maximum Gasteiger partial charge on any atom is 0.0366 e. The minimum atomic E-state index is 0.580. The predicted octanol–water partition coefficient (Wildman–Crippen LogP) is 3.61. The number of hydrogen-bond acceptors (Lipinski definition) is 2. The van der Waals surface area contributed by atoms with Crippen LogP contribution in [0.1, 0.15) is 45.6 Å². The standard InChI is InChI=1S/C17H28N2/c1-4-6-15-8-10-17(11-9-15)19-12-5-7-16(13-19)18-14(2)3/h8-11,14,16,18H,4-7,12-13H2,1-3H3. The summed E-state index contributed by atoms with van der Waals surface area (Å²) >= 11 is 0. The molecule has 1 aliphatic rings. The van der Waals surface area contributed by atoms with Crippen LogP contribution in [0.2, 0.25) is 0 Å². The summed E-state index contributed by atoms with van der Waals surface area (Å²) in [7, 11) is 0. The van der Waals surface area contributed by atoms with Gasteiger partial charge in [-0.3, -0.25) is 0 Å². The van der Waals surface area contributed by atoms with Crippen molar-refractivity contribution in [2.24, 2.45) is 0 Å². The van der Waals surface area contributed by atoms with Crippen molar-refractivity contribution in [2.75, 3.05) is 18.0 Å². The molecule has 1 heterocycles. The molecule has 1 aromatic rings. The molecule has 0 amide bonds. The van der Waals surface area contributed by atoms with E-state index in [1.54, 1.807) is 0 Å². The van der Waals surface area contributed by atoms with Gasteiger partial charge in [0, 0.05) is 30.9 Å². The first-order chi connectivity index (χ1) is 9.19. The van der Waals surface area contributed by atoms with Gasteiger partial charge in [-0.05, 0) is 37.0 Å². The molecule has 2 heteroatoms. The number of nitrogens with zero attached hydrogens (tertiary/aromatic N) is 1. The van der Waals surface area contributed by atoms with Crippen LogP contribution in [0.25, 0.3) is 0 Å². The Bertz CT molecular complexity index is 369. The van der Waals surface area contributed by atoms with Crippen LogP contribution in [0, 0.1) is 0 Å². The largest absolute Gasteiger partial charge is 0.370 e. The van der Waals surface area contributed by atoms with E-state index in [-0.39, 0.29) is 0 Å². The summed E-state index contributed by atoms with van der Waals surface area (Å²) in [5.74, 6) is 0. The molecular formula is C17H28N2. The van der Waals surface area contributed by atoms with Gasteiger partial charge >= 0.3 is 0 Å². The monoisotopic (exact) mass is 260 g/mol. The van der Waals surface area contributed by atoms with Crippen molar-refractivity contribution in [3.63, 3.8) is 0 Å². The molecule has 1 saturated heterocycles. The minimum absolute atomic E-state index is 0.580. The van der Waals surface area contributed by atoms with Gasteiger partial charge in [0.2, 0.25) is 0 Å². The number of aryl methyl sites for hydroxylation is 1. The van der Waals surface area contributed by atoms with Crippen LogP contribution < -0.4 is 10.2 Å². The first kappa shape index (κ1) is 14.4. The molecule has 2 nitrogen and oxygen atoms in total. The van der Waals surface area contributed by atoms with Crippen molar-refractivity contribution >= 4 is 5.69 Å². The van der Waals surface area contributed by atoms with Crippen LogP contribution in [-0.2, 0) is 6.42 Å². The van der Waals surface area contributed by atoms with Gasteiger partial charge in [0.1, 0.15) is 0 Å². The van der Waals surface area contributed by atoms with E-state index < -0.39 is 0 Å². The molecule has 1 fully saturated rings. The van der Waals surface area contributed by atoms with Crippen molar-refractivity contribution in [1.82, 2.24) is 5.32 Å². The van der Waals surface area contributed by atoms with Gasteiger partial charge in [-0.2, -0.15) is 0 Å². The number of nitrogens with one attached hydrogen (secondary N) is 1. The third kappa shape index (κ3) is 4.24. The Balaban J connectivity index is 1.96. The van der Waals surface area contributed by atoms with Crippen LogP contribution in [0.4, 0.5) is 5.69 Å². The van der Waals surface area contributed by atoms with Crippen LogP contribution in [-0.4, -0.2) is 25.2 Å². The van der Waals surface area contributed by atoms with Gasteiger partial charge in [0.05, 0.1) is 0 Å². The molecule has 0 bridgehead atoms. The maximum atomic E-state index is 3.67. The lowest BCUT2D eigenvalue weighted by atomic mass is 10.0. The molecule has 106 valence electrons. The Morgan fingerprint density at radius 1 is 1.26 bits per heavy atom. The summed E-state index contributed by atoms with van der Waals surface area (Å²) in [6.07, 6.45) is 5.02. The highest BCUT2D eigenvalue weighted by molar-refractivity contribution is 5.48. The smallest absolute Gasteiger partial charge is 0.0366 e. The van der Waals surface area contributed by atoms with E-state index >= 15 is 0 Å². The fourth-order valence-electron chi connectivity index (χ4n) is 2.98. The SMILES string of the molecule is CCCc1ccc(N2CCCC(NC(C)C)C2)cc1. The van der Waals surface area contributed by atoms with Gasteiger partial charge in [0.15, 0.2) is 0 Å². The molecule has 2 rings (SSSR count). The molecule has 19 heavy (non-hydrogen) atoms. The average molecular weight is 260 g/mol. The lowest BCUT2D eigenvalue weighted by molar-refractivity contribution is 0.395. The number of piperidine rings is 1. The number of benzene rings is 1. The van der Waals surface area contributed by atoms with E-state index in [1.807, 2.05) is 0 Å². The van der Waals surface area contributed by atoms with E-state index in [0.29, 0.717) is 12.1 Å². The zero-order valence-electron chi connectivity index (χ0n) is 12.7. The predicted molar refractivity (Wildman–Crippen MR) is 83.9 cm³/mol. The maximum absolute atomic E-state index is 3.67. The molecule has 0 aromatic heterocycles. The molecule has 1 aromatic carbocycles. The molecule has 0 radical (unpaired) electrons. The summed E-state index contributed by atoms with van der Waals surface area (Å²) in [6, 6.07) is 10.4. The lowest BCUT2D eigenvalue weighted by Crippen LogP contribution is -2.47. The highest BCUT2D eigenvalue weighted by Gasteiger charge is 2.20. The second-order valence-electron chi connectivity index (χ2n) is 6.02. The topological polar surface area (TPSA) is 15.3 Å². The number of rotatable bonds is 5. The third-order valence-electron chi connectivity index (χ3n) is 3.83. The minimum Gasteiger partial charge on any atom is -0.370 e. The van der Waals surface area contributed by atoms with Crippen molar-refractivity contribution in [3.8, 4) is 0 Å². The average Bonchev–Trinajstić information content (AvgIpc) is 2.39. The first-order valence-corrected chi connectivity index (χ1v) is 7.79. The summed E-state index contributed by atoms with van der Waals surface area (Å²) in [6.45, 7) is 9.05. The van der Waals surface area contributed by atoms with Crippen molar-refractivity contribution in [3.05, 3.63) is 29.8 Å². The molecule has 1 N–H and O–H groups in total. The quantitative estimate of drug-likeness (QED) is 0.870. The molecule has 1 unspecified atom stereocenters. The summed E-state index contributed by atoms with van der Waals surface area (Å²) < 4.78 is 0. The first-order valence-electron chi connectivity index (χ1n) is 7.79. The van der Waals surface area contributed by atoms with E-state index in [2.05, 4.69) is 55.3 Å². The Labute approximate surface area is 118 Å². The molecule has 1 atom stereocenters. The van der Waals surface area contributed by atoms with Gasteiger partial charge in [-0.1, -0.05) is 39.3 Å². The number of anilines is 1. The van der Waals surface area contributed by atoms with Crippen molar-refractivity contribution < 1.29 is 0 Å². The summed E-state index contributed by atoms with van der Waals surface area (Å²) in [5, 5.41) is 3.67. The normalized spacial score (nSPS) is 20.0. The highest BCUT2D eigenvalue weighted by Crippen LogP contribution is 2.21. The fraction of sp³-hybridized carbons (Fsp3) is 0.647. The van der Waals surface area contributed by atoms with E-state index in [4.69, 9.17) is 0 Å². The van der Waals surface area contributed by atoms with Gasteiger partial charge in [-0.15, -0.1) is 0 Å². The van der Waals surface area contributed by atoms with Crippen molar-refractivity contribution in [2.45, 2.75) is 58.5 Å². The van der Waals surface area contributed by atoms with Crippen LogP contribution in [0.3, 0.4) is 0 Å². The van der Waals surface area contributed by atoms with E-state index in [0.717, 1.165) is 6.54 Å². The third-order valence-corrected chi connectivity index (χ3v) is 3.83. The van der Waals surface area contributed by atoms with Crippen LogP contribution >= 0.6 is 0 Å². The Morgan fingerprint density at radius 2 is 2.00 bits per heavy atom. The van der Waals surface area contributed by atoms with E-state index in [1.165, 1.54) is 43.5 Å². The summed E-state index contributed by atoms with van der Waals surface area (Å²) in [5.41, 5.74) is 2.84. The molecule has 0 spiro atoms. The zero-order chi connectivity index (χ0) is 13.7. The Morgan fingerprint density at radius 3 is 2.63 bits per heavy atom. The second-order valence-corrected chi connectivity index (χ2v) is 6.02. The van der Waals surface area contributed by atoms with Crippen molar-refractivity contribution in [1.29, 1.82) is 0 Å². The molecule has 1 aliphatic heterocycles. The van der Waals surface area contributed by atoms with Gasteiger partial charge in [0.25, 0.3) is 0 Å². The van der Waals surface area contributed by atoms with E-state index in [9.17, 15) is 0 Å². The number of hydrogen-bond donors (Lipinski definition) is 1. The zero-order valence-corrected chi connectivity index (χ0v) is 12.7. The lowest BCUT2D eigenvalue weighted by Gasteiger charge is -2.36. The molecule has 0 saturated carbocycles.